The van der Waals surface area contributed by atoms with Crippen molar-refractivity contribution in [1.29, 1.82) is 5.41 Å². The van der Waals surface area contributed by atoms with Crippen molar-refractivity contribution < 1.29 is 19.1 Å². The van der Waals surface area contributed by atoms with E-state index < -0.39 is 23.2 Å². The minimum absolute atomic E-state index is 0.108. The molecule has 13 nitrogen and oxygen atoms in total. The van der Waals surface area contributed by atoms with Crippen molar-refractivity contribution in [1.82, 2.24) is 40.5 Å². The maximum Gasteiger partial charge on any atom is 0.407 e. The first-order valence-corrected chi connectivity index (χ1v) is 16.5. The maximum atomic E-state index is 14.9. The summed E-state index contributed by atoms with van der Waals surface area (Å²) in [7, 11) is 0. The smallest absolute Gasteiger partial charge is 0.407 e. The molecule has 0 aliphatic carbocycles. The molecule has 0 bridgehead atoms. The zero-order valence-corrected chi connectivity index (χ0v) is 29.3. The number of benzene rings is 2. The van der Waals surface area contributed by atoms with Gasteiger partial charge in [-0.1, -0.05) is 62.7 Å². The summed E-state index contributed by atoms with van der Waals surface area (Å²) in [6.45, 7) is 12.8. The van der Waals surface area contributed by atoms with Crippen molar-refractivity contribution in [3.63, 3.8) is 0 Å². The molecule has 14 heteroatoms. The van der Waals surface area contributed by atoms with Crippen LogP contribution in [-0.4, -0.2) is 73.2 Å². The van der Waals surface area contributed by atoms with Crippen LogP contribution in [0.5, 0.6) is 0 Å². The molecule has 2 amide bonds. The lowest BCUT2D eigenvalue weighted by atomic mass is 9.75. The van der Waals surface area contributed by atoms with Gasteiger partial charge in [0.05, 0.1) is 36.5 Å². The molecule has 0 spiro atoms. The van der Waals surface area contributed by atoms with Gasteiger partial charge in [-0.05, 0) is 61.4 Å². The number of amides is 2. The number of carbonyl (C=O) groups is 2. The quantitative estimate of drug-likeness (QED) is 0.171. The van der Waals surface area contributed by atoms with Crippen molar-refractivity contribution in [3.05, 3.63) is 77.3 Å². The van der Waals surface area contributed by atoms with Crippen LogP contribution in [-0.2, 0) is 19.8 Å². The van der Waals surface area contributed by atoms with Crippen LogP contribution in [0.2, 0.25) is 5.02 Å². The normalized spacial score (nSPS) is 19.0. The maximum absolute atomic E-state index is 14.9. The van der Waals surface area contributed by atoms with Crippen molar-refractivity contribution in [2.75, 3.05) is 19.8 Å². The summed E-state index contributed by atoms with van der Waals surface area (Å²) in [5.41, 5.74) is 1.64. The van der Waals surface area contributed by atoms with E-state index in [0.29, 0.717) is 47.2 Å². The number of carbonyl (C=O) groups excluding carboxylic acids is 2. The van der Waals surface area contributed by atoms with E-state index in [4.69, 9.17) is 21.1 Å². The standard InChI is InChI=1S/C35H42ClN9O4/c1-33(2,3)19-35(24-10-7-21(8-11-24)23-14-40-44(15-23)25-16-48-17-25)30(46)45(31(37)41-35)28(18-49-32(47)42-34(4,5)6)22-9-12-27(36)26(13-22)29-38-20-39-43-29/h7-15,20,25,28H,16-19H2,1-6H3,(H2,37,41)(H,42,47)(H,38,39,43)/t28-,35-/m1/s1. The molecule has 258 valence electrons. The molecule has 2 aliphatic rings. The van der Waals surface area contributed by atoms with E-state index in [1.165, 1.54) is 11.2 Å². The van der Waals surface area contributed by atoms with Crippen molar-refractivity contribution in [3.8, 4) is 22.5 Å². The second-order valence-electron chi connectivity index (χ2n) is 14.8. The highest BCUT2D eigenvalue weighted by Crippen LogP contribution is 2.43. The topological polar surface area (TPSA) is 163 Å². The van der Waals surface area contributed by atoms with Gasteiger partial charge in [-0.15, -0.1) is 0 Å². The predicted octanol–water partition coefficient (Wildman–Crippen LogP) is 5.82. The van der Waals surface area contributed by atoms with Crippen molar-refractivity contribution >= 4 is 29.6 Å². The van der Waals surface area contributed by atoms with E-state index in [2.05, 4.69) is 51.7 Å². The number of H-pyrrole nitrogens is 1. The first-order chi connectivity index (χ1) is 23.1. The summed E-state index contributed by atoms with van der Waals surface area (Å²) in [6.07, 6.45) is 4.95. The molecular formula is C35H42ClN9O4. The number of rotatable bonds is 9. The number of nitrogens with one attached hydrogen (secondary N) is 4. The highest BCUT2D eigenvalue weighted by Gasteiger charge is 2.54. The fourth-order valence-corrected chi connectivity index (χ4v) is 6.43. The summed E-state index contributed by atoms with van der Waals surface area (Å²) in [5.74, 6) is -0.00559. The Morgan fingerprint density at radius 1 is 1.14 bits per heavy atom. The average molecular weight is 688 g/mol. The average Bonchev–Trinajstić information content (AvgIpc) is 3.74. The molecule has 0 unspecified atom stereocenters. The van der Waals surface area contributed by atoms with E-state index >= 15 is 0 Å². The second kappa shape index (κ2) is 12.9. The number of hydrogen-bond acceptors (Lipinski definition) is 8. The van der Waals surface area contributed by atoms with Crippen LogP contribution in [0.1, 0.15) is 71.2 Å². The molecule has 4 aromatic rings. The van der Waals surface area contributed by atoms with Crippen LogP contribution in [0.15, 0.2) is 61.2 Å². The second-order valence-corrected chi connectivity index (χ2v) is 15.2. The molecule has 2 fully saturated rings. The Kier molecular flexibility index (Phi) is 9.01. The minimum atomic E-state index is -1.27. The largest absolute Gasteiger partial charge is 0.447 e. The summed E-state index contributed by atoms with van der Waals surface area (Å²) in [4.78, 5) is 33.4. The van der Waals surface area contributed by atoms with Crippen LogP contribution < -0.4 is 10.6 Å². The Morgan fingerprint density at radius 2 is 1.88 bits per heavy atom. The third-order valence-corrected chi connectivity index (χ3v) is 8.80. The third-order valence-electron chi connectivity index (χ3n) is 8.47. The van der Waals surface area contributed by atoms with Gasteiger partial charge in [-0.2, -0.15) is 10.2 Å². The first-order valence-electron chi connectivity index (χ1n) is 16.2. The van der Waals surface area contributed by atoms with E-state index in [9.17, 15) is 15.0 Å². The first kappa shape index (κ1) is 34.1. The van der Waals surface area contributed by atoms with Gasteiger partial charge >= 0.3 is 6.09 Å². The van der Waals surface area contributed by atoms with Gasteiger partial charge < -0.3 is 20.1 Å². The molecule has 49 heavy (non-hydrogen) atoms. The van der Waals surface area contributed by atoms with Gasteiger partial charge in [-0.3, -0.25) is 24.9 Å². The Hall–Kier alpha value is -4.75. The molecule has 2 aromatic heterocycles. The molecule has 0 saturated carbocycles. The summed E-state index contributed by atoms with van der Waals surface area (Å²) in [6, 6.07) is 12.4. The lowest BCUT2D eigenvalue weighted by molar-refractivity contribution is -0.134. The molecule has 2 saturated heterocycles. The van der Waals surface area contributed by atoms with E-state index in [-0.39, 0.29) is 29.9 Å². The number of halogens is 1. The lowest BCUT2D eigenvalue weighted by Gasteiger charge is -2.35. The molecule has 6 rings (SSSR count). The number of aromatic nitrogens is 5. The van der Waals surface area contributed by atoms with Gasteiger partial charge in [0.2, 0.25) is 0 Å². The van der Waals surface area contributed by atoms with Gasteiger partial charge in [0.15, 0.2) is 11.8 Å². The van der Waals surface area contributed by atoms with Crippen LogP contribution in [0, 0.1) is 10.8 Å². The molecule has 4 N–H and O–H groups in total. The minimum Gasteiger partial charge on any atom is -0.447 e. The number of guanidine groups is 1. The lowest BCUT2D eigenvalue weighted by Crippen LogP contribution is -2.47. The van der Waals surface area contributed by atoms with Gasteiger partial charge in [0.25, 0.3) is 5.91 Å². The monoisotopic (exact) mass is 687 g/mol. The SMILES string of the molecule is CC(C)(C)C[C@]1(c2ccc(-c3cnn(C4COC4)c3)cc2)NC(=N)N([C@H](COC(=O)NC(C)(C)C)c2ccc(Cl)c(-c3ncn[nH]3)c2)C1=O. The van der Waals surface area contributed by atoms with Crippen molar-refractivity contribution in [2.45, 2.75) is 71.1 Å². The molecule has 2 atom stereocenters. The third kappa shape index (κ3) is 7.18. The zero-order valence-electron chi connectivity index (χ0n) is 28.5. The van der Waals surface area contributed by atoms with Gasteiger partial charge in [0, 0.05) is 22.9 Å². The highest BCUT2D eigenvalue weighted by atomic mass is 35.5. The predicted molar refractivity (Wildman–Crippen MR) is 185 cm³/mol. The molecule has 2 aliphatic heterocycles. The molecule has 0 radical (unpaired) electrons. The van der Waals surface area contributed by atoms with E-state index in [1.54, 1.807) is 18.2 Å². The van der Waals surface area contributed by atoms with Crippen LogP contribution >= 0.6 is 11.6 Å². The van der Waals surface area contributed by atoms with Gasteiger partial charge in [-0.25, -0.2) is 9.78 Å². The fourth-order valence-electron chi connectivity index (χ4n) is 6.23. The Bertz CT molecular complexity index is 1840. The Morgan fingerprint density at radius 3 is 2.49 bits per heavy atom. The van der Waals surface area contributed by atoms with Crippen LogP contribution in [0.25, 0.3) is 22.5 Å². The number of nitrogens with zero attached hydrogens (tertiary/aromatic N) is 5. The number of aromatic amines is 1. The van der Waals surface area contributed by atoms with Crippen LogP contribution in [0.4, 0.5) is 4.79 Å². The molecule has 4 heterocycles. The highest BCUT2D eigenvalue weighted by molar-refractivity contribution is 6.33. The zero-order chi connectivity index (χ0) is 35.1. The molecule has 2 aromatic carbocycles. The van der Waals surface area contributed by atoms with Crippen LogP contribution in [0.3, 0.4) is 0 Å². The van der Waals surface area contributed by atoms with E-state index in [0.717, 1.165) is 11.1 Å². The van der Waals surface area contributed by atoms with Gasteiger partial charge in [0.1, 0.15) is 18.5 Å². The number of hydrogen-bond donors (Lipinski definition) is 4. The number of alkyl carbamates (subject to hydrolysis) is 1. The summed E-state index contributed by atoms with van der Waals surface area (Å²) in [5, 5.41) is 27.0. The Labute approximate surface area is 290 Å². The van der Waals surface area contributed by atoms with Crippen molar-refractivity contribution in [2.24, 2.45) is 5.41 Å². The van der Waals surface area contributed by atoms with E-state index in [1.807, 2.05) is 62.1 Å². The summed E-state index contributed by atoms with van der Waals surface area (Å²) < 4.78 is 13.0. The number of ether oxygens (including phenoxy) is 2. The Balaban J connectivity index is 1.37. The fraction of sp³-hybridized carbons (Fsp3) is 0.429. The molecular weight excluding hydrogens is 646 g/mol. The summed E-state index contributed by atoms with van der Waals surface area (Å²) >= 11 is 6.56.